The van der Waals surface area contributed by atoms with Gasteiger partial charge in [-0.15, -0.1) is 0 Å². The second kappa shape index (κ2) is 8.91. The van der Waals surface area contributed by atoms with Gasteiger partial charge in [0.05, 0.1) is 0 Å². The van der Waals surface area contributed by atoms with E-state index in [-0.39, 0.29) is 24.0 Å². The molecule has 5 nitrogen and oxygen atoms in total. The molecule has 0 atom stereocenters. The van der Waals surface area contributed by atoms with Crippen molar-refractivity contribution >= 4 is 11.8 Å². The van der Waals surface area contributed by atoms with Gasteiger partial charge in [0.15, 0.2) is 0 Å². The van der Waals surface area contributed by atoms with Crippen molar-refractivity contribution in [2.45, 2.75) is 58.4 Å². The molecule has 0 spiro atoms. The van der Waals surface area contributed by atoms with Gasteiger partial charge in [-0.1, -0.05) is 6.42 Å². The fourth-order valence-electron chi connectivity index (χ4n) is 1.63. The summed E-state index contributed by atoms with van der Waals surface area (Å²) in [5, 5.41) is 14.5. The smallest absolute Gasteiger partial charge is 0.220 e. The summed E-state index contributed by atoms with van der Waals surface area (Å²) in [6, 6.07) is 0. The summed E-state index contributed by atoms with van der Waals surface area (Å²) >= 11 is 0. The van der Waals surface area contributed by atoms with Crippen LogP contribution in [0, 0.1) is 0 Å². The summed E-state index contributed by atoms with van der Waals surface area (Å²) in [5.74, 6) is 0.00599. The van der Waals surface area contributed by atoms with Gasteiger partial charge in [-0.25, -0.2) is 0 Å². The number of aliphatic hydroxyl groups is 1. The van der Waals surface area contributed by atoms with Gasteiger partial charge in [-0.05, 0) is 33.1 Å². The minimum atomic E-state index is -0.345. The molecule has 0 fully saturated rings. The number of carbonyl (C=O) groups excluding carboxylic acids is 2. The van der Waals surface area contributed by atoms with Crippen molar-refractivity contribution in [2.75, 3.05) is 13.2 Å². The van der Waals surface area contributed by atoms with E-state index in [9.17, 15) is 9.59 Å². The molecule has 0 bridgehead atoms. The standard InChI is InChI=1S/C13H26N2O3/c1-11(17)14-9-6-4-5-7-12(18)15-13(2,3)8-10-16/h16H,4-10H2,1-3H3,(H,14,17)(H,15,18). The Balaban J connectivity index is 3.56. The maximum absolute atomic E-state index is 11.6. The predicted molar refractivity (Wildman–Crippen MR) is 71.1 cm³/mol. The highest BCUT2D eigenvalue weighted by Gasteiger charge is 2.18. The average Bonchev–Trinajstić information content (AvgIpc) is 2.21. The monoisotopic (exact) mass is 258 g/mol. The second-order valence-electron chi connectivity index (χ2n) is 5.20. The molecule has 0 radical (unpaired) electrons. The molecule has 5 heteroatoms. The van der Waals surface area contributed by atoms with E-state index in [2.05, 4.69) is 10.6 Å². The number of amides is 2. The Hall–Kier alpha value is -1.10. The number of carbonyl (C=O) groups is 2. The zero-order chi connectivity index (χ0) is 14.0. The molecule has 0 aliphatic rings. The van der Waals surface area contributed by atoms with Gasteiger partial charge in [-0.3, -0.25) is 9.59 Å². The lowest BCUT2D eigenvalue weighted by Gasteiger charge is -2.25. The molecule has 18 heavy (non-hydrogen) atoms. The van der Waals surface area contributed by atoms with Gasteiger partial charge in [0.1, 0.15) is 0 Å². The van der Waals surface area contributed by atoms with Crippen LogP contribution in [0.5, 0.6) is 0 Å². The third kappa shape index (κ3) is 10.1. The Bertz CT molecular complexity index is 265. The quantitative estimate of drug-likeness (QED) is 0.539. The topological polar surface area (TPSA) is 78.4 Å². The zero-order valence-corrected chi connectivity index (χ0v) is 11.7. The molecule has 0 aliphatic carbocycles. The number of rotatable bonds is 9. The Morgan fingerprint density at radius 3 is 2.39 bits per heavy atom. The third-order valence-corrected chi connectivity index (χ3v) is 2.67. The summed E-state index contributed by atoms with van der Waals surface area (Å²) in [6.07, 6.45) is 3.69. The molecular formula is C13H26N2O3. The van der Waals surface area contributed by atoms with Gasteiger partial charge >= 0.3 is 0 Å². The molecule has 0 rings (SSSR count). The van der Waals surface area contributed by atoms with Crippen molar-refractivity contribution in [2.24, 2.45) is 0 Å². The summed E-state index contributed by atoms with van der Waals surface area (Å²) in [4.78, 5) is 22.2. The maximum Gasteiger partial charge on any atom is 0.220 e. The van der Waals surface area contributed by atoms with E-state index in [4.69, 9.17) is 5.11 Å². The summed E-state index contributed by atoms with van der Waals surface area (Å²) in [5.41, 5.74) is -0.345. The van der Waals surface area contributed by atoms with Crippen LogP contribution >= 0.6 is 0 Å². The summed E-state index contributed by atoms with van der Waals surface area (Å²) in [6.45, 7) is 6.05. The fourth-order valence-corrected chi connectivity index (χ4v) is 1.63. The molecule has 0 saturated heterocycles. The number of hydrogen-bond acceptors (Lipinski definition) is 3. The summed E-state index contributed by atoms with van der Waals surface area (Å²) in [7, 11) is 0. The predicted octanol–water partition coefficient (Wildman–Crippen LogP) is 0.960. The maximum atomic E-state index is 11.6. The normalized spacial score (nSPS) is 11.1. The van der Waals surface area contributed by atoms with Crippen molar-refractivity contribution in [1.82, 2.24) is 10.6 Å². The Kier molecular flexibility index (Phi) is 8.37. The molecule has 0 aliphatic heterocycles. The Morgan fingerprint density at radius 2 is 1.83 bits per heavy atom. The first kappa shape index (κ1) is 16.9. The van der Waals surface area contributed by atoms with Crippen molar-refractivity contribution in [1.29, 1.82) is 0 Å². The van der Waals surface area contributed by atoms with E-state index < -0.39 is 0 Å². The van der Waals surface area contributed by atoms with Crippen LogP contribution in [0.4, 0.5) is 0 Å². The van der Waals surface area contributed by atoms with Gasteiger partial charge in [0.25, 0.3) is 0 Å². The number of aliphatic hydroxyl groups excluding tert-OH is 1. The minimum Gasteiger partial charge on any atom is -0.396 e. The zero-order valence-electron chi connectivity index (χ0n) is 11.7. The van der Waals surface area contributed by atoms with Crippen LogP contribution in [0.15, 0.2) is 0 Å². The SMILES string of the molecule is CC(=O)NCCCCCC(=O)NC(C)(C)CCO. The van der Waals surface area contributed by atoms with Crippen LogP contribution in [-0.2, 0) is 9.59 Å². The highest BCUT2D eigenvalue weighted by molar-refractivity contribution is 5.76. The lowest BCUT2D eigenvalue weighted by atomic mass is 10.0. The van der Waals surface area contributed by atoms with E-state index in [1.807, 2.05) is 13.8 Å². The van der Waals surface area contributed by atoms with E-state index in [1.165, 1.54) is 6.92 Å². The molecule has 0 aromatic rings. The number of hydrogen-bond donors (Lipinski definition) is 3. The van der Waals surface area contributed by atoms with Crippen LogP contribution in [-0.4, -0.2) is 35.6 Å². The Labute approximate surface area is 109 Å². The van der Waals surface area contributed by atoms with E-state index >= 15 is 0 Å². The molecule has 0 heterocycles. The van der Waals surface area contributed by atoms with Gasteiger partial charge in [0, 0.05) is 32.0 Å². The van der Waals surface area contributed by atoms with Gasteiger partial charge < -0.3 is 15.7 Å². The highest BCUT2D eigenvalue weighted by atomic mass is 16.3. The fraction of sp³-hybridized carbons (Fsp3) is 0.846. The van der Waals surface area contributed by atoms with Crippen LogP contribution in [0.2, 0.25) is 0 Å². The van der Waals surface area contributed by atoms with Crippen LogP contribution in [0.25, 0.3) is 0 Å². The molecule has 0 aromatic carbocycles. The molecule has 0 unspecified atom stereocenters. The van der Waals surface area contributed by atoms with Gasteiger partial charge in [-0.2, -0.15) is 0 Å². The Morgan fingerprint density at radius 1 is 1.17 bits per heavy atom. The average molecular weight is 258 g/mol. The first-order valence-electron chi connectivity index (χ1n) is 6.54. The first-order chi connectivity index (χ1) is 8.37. The number of nitrogens with one attached hydrogen (secondary N) is 2. The third-order valence-electron chi connectivity index (χ3n) is 2.67. The molecule has 0 saturated carbocycles. The minimum absolute atomic E-state index is 0.0153. The van der Waals surface area contributed by atoms with Crippen molar-refractivity contribution in [3.8, 4) is 0 Å². The highest BCUT2D eigenvalue weighted by Crippen LogP contribution is 2.08. The molecule has 3 N–H and O–H groups in total. The van der Waals surface area contributed by atoms with E-state index in [0.717, 1.165) is 19.3 Å². The van der Waals surface area contributed by atoms with E-state index in [1.54, 1.807) is 0 Å². The van der Waals surface area contributed by atoms with Crippen molar-refractivity contribution < 1.29 is 14.7 Å². The van der Waals surface area contributed by atoms with Crippen molar-refractivity contribution in [3.05, 3.63) is 0 Å². The summed E-state index contributed by atoms with van der Waals surface area (Å²) < 4.78 is 0. The van der Waals surface area contributed by atoms with Gasteiger partial charge in [0.2, 0.25) is 11.8 Å². The molecule has 0 aromatic heterocycles. The lowest BCUT2D eigenvalue weighted by molar-refractivity contribution is -0.123. The largest absolute Gasteiger partial charge is 0.396 e. The number of unbranched alkanes of at least 4 members (excludes halogenated alkanes) is 2. The molecular weight excluding hydrogens is 232 g/mol. The second-order valence-corrected chi connectivity index (χ2v) is 5.20. The van der Waals surface area contributed by atoms with Crippen molar-refractivity contribution in [3.63, 3.8) is 0 Å². The van der Waals surface area contributed by atoms with Crippen LogP contribution in [0.1, 0.15) is 52.9 Å². The van der Waals surface area contributed by atoms with E-state index in [0.29, 0.717) is 19.4 Å². The first-order valence-corrected chi connectivity index (χ1v) is 6.54. The van der Waals surface area contributed by atoms with Crippen LogP contribution < -0.4 is 10.6 Å². The lowest BCUT2D eigenvalue weighted by Crippen LogP contribution is -2.43. The molecule has 106 valence electrons. The molecule has 2 amide bonds. The van der Waals surface area contributed by atoms with Crippen LogP contribution in [0.3, 0.4) is 0 Å².